The van der Waals surface area contributed by atoms with Crippen LogP contribution in [0.4, 0.5) is 0 Å². The Morgan fingerprint density at radius 3 is 2.93 bits per heavy atom. The molecule has 2 rings (SSSR count). The summed E-state index contributed by atoms with van der Waals surface area (Å²) in [6.45, 7) is -0.160. The van der Waals surface area contributed by atoms with Gasteiger partial charge in [0.25, 0.3) is 0 Å². The van der Waals surface area contributed by atoms with Crippen LogP contribution >= 0.6 is 11.8 Å². The van der Waals surface area contributed by atoms with Gasteiger partial charge < -0.3 is 20.8 Å². The van der Waals surface area contributed by atoms with Crippen molar-refractivity contribution in [2.75, 3.05) is 12.3 Å². The molecule has 0 aliphatic carbocycles. The van der Waals surface area contributed by atoms with E-state index in [0.29, 0.717) is 0 Å². The molecule has 78 valence electrons. The summed E-state index contributed by atoms with van der Waals surface area (Å²) in [5.41, 5.74) is 3.68. The number of fused-ring (bicyclic) bond motifs is 1. The molecule has 0 saturated carbocycles. The van der Waals surface area contributed by atoms with E-state index in [1.54, 1.807) is 0 Å². The van der Waals surface area contributed by atoms with E-state index >= 15 is 0 Å². The largest absolute Gasteiger partial charge is 0.479 e. The molecule has 0 aromatic heterocycles. The Kier molecular flexibility index (Phi) is 1.98. The van der Waals surface area contributed by atoms with Gasteiger partial charge in [0.15, 0.2) is 5.60 Å². The number of nitrogens with zero attached hydrogens (tertiary/aromatic N) is 1. The Morgan fingerprint density at radius 2 is 2.36 bits per heavy atom. The average molecular weight is 218 g/mol. The molecule has 0 bridgehead atoms. The molecule has 2 saturated heterocycles. The van der Waals surface area contributed by atoms with Crippen LogP contribution < -0.4 is 5.73 Å². The number of β-lactam (4-membered cyclic amide) rings is 1. The number of hydrogen-bond donors (Lipinski definition) is 3. The molecule has 14 heavy (non-hydrogen) atoms. The number of carboxylic acid groups (broad SMARTS) is 1. The zero-order valence-corrected chi connectivity index (χ0v) is 8.03. The number of carbonyl (C=O) groups is 2. The minimum absolute atomic E-state index is 0.0739. The first kappa shape index (κ1) is 9.75. The van der Waals surface area contributed by atoms with Gasteiger partial charge in [-0.25, -0.2) is 4.79 Å². The third kappa shape index (κ3) is 1.13. The topological polar surface area (TPSA) is 104 Å². The first-order valence-corrected chi connectivity index (χ1v) is 5.14. The molecule has 7 heteroatoms. The van der Waals surface area contributed by atoms with E-state index in [0.717, 1.165) is 0 Å². The molecule has 2 unspecified atom stereocenters. The number of carboxylic acids is 1. The Bertz CT molecular complexity index is 310. The standard InChI is InChI=1S/C7H10N2O4S/c8-3-4(10)9-1-7(13,6(11)12)2-14-5(3)9/h3,5,13H,1-2,8H2,(H,11,12)/t3?,5-,7?/m1/s1. The fourth-order valence-electron chi connectivity index (χ4n) is 1.59. The second kappa shape index (κ2) is 2.85. The number of nitrogens with two attached hydrogens (primary N) is 1. The van der Waals surface area contributed by atoms with Crippen molar-refractivity contribution in [3.05, 3.63) is 0 Å². The summed E-state index contributed by atoms with van der Waals surface area (Å²) >= 11 is 1.21. The zero-order valence-electron chi connectivity index (χ0n) is 7.21. The van der Waals surface area contributed by atoms with Gasteiger partial charge in [0.2, 0.25) is 5.91 Å². The fraction of sp³-hybridized carbons (Fsp3) is 0.714. The van der Waals surface area contributed by atoms with Crippen molar-refractivity contribution in [2.45, 2.75) is 17.0 Å². The molecule has 2 heterocycles. The van der Waals surface area contributed by atoms with Gasteiger partial charge in [-0.05, 0) is 0 Å². The van der Waals surface area contributed by atoms with E-state index in [-0.39, 0.29) is 23.6 Å². The summed E-state index contributed by atoms with van der Waals surface area (Å²) in [6, 6.07) is -0.543. The van der Waals surface area contributed by atoms with Crippen molar-refractivity contribution < 1.29 is 19.8 Å². The number of rotatable bonds is 1. The lowest BCUT2D eigenvalue weighted by Crippen LogP contribution is -2.73. The molecule has 1 amide bonds. The van der Waals surface area contributed by atoms with Crippen LogP contribution in [0.2, 0.25) is 0 Å². The number of thioether (sulfide) groups is 1. The van der Waals surface area contributed by atoms with Crippen molar-refractivity contribution in [3.63, 3.8) is 0 Å². The van der Waals surface area contributed by atoms with Crippen LogP contribution in [0.1, 0.15) is 0 Å². The van der Waals surface area contributed by atoms with Crippen LogP contribution in [0.15, 0.2) is 0 Å². The van der Waals surface area contributed by atoms with Crippen LogP contribution in [-0.4, -0.2) is 56.3 Å². The second-order valence-electron chi connectivity index (χ2n) is 3.53. The molecular weight excluding hydrogens is 208 g/mol. The molecule has 0 aromatic rings. The maximum absolute atomic E-state index is 11.2. The Balaban J connectivity index is 2.12. The summed E-state index contributed by atoms with van der Waals surface area (Å²) in [5, 5.41) is 18.2. The molecular formula is C7H10N2O4S. The minimum atomic E-state index is -1.82. The summed E-state index contributed by atoms with van der Waals surface area (Å²) in [6.07, 6.45) is 0. The lowest BCUT2D eigenvalue weighted by atomic mass is 10.0. The minimum Gasteiger partial charge on any atom is -0.479 e. The highest BCUT2D eigenvalue weighted by molar-refractivity contribution is 8.00. The molecule has 2 aliphatic rings. The van der Waals surface area contributed by atoms with Crippen LogP contribution in [0.25, 0.3) is 0 Å². The highest BCUT2D eigenvalue weighted by atomic mass is 32.2. The highest BCUT2D eigenvalue weighted by Gasteiger charge is 2.55. The van der Waals surface area contributed by atoms with Crippen LogP contribution in [0.5, 0.6) is 0 Å². The second-order valence-corrected chi connectivity index (χ2v) is 4.64. The lowest BCUT2D eigenvalue weighted by Gasteiger charge is -2.51. The van der Waals surface area contributed by atoms with Gasteiger partial charge in [-0.3, -0.25) is 4.79 Å². The third-order valence-electron chi connectivity index (χ3n) is 2.51. The number of hydrogen-bond acceptors (Lipinski definition) is 5. The van der Waals surface area contributed by atoms with E-state index in [4.69, 9.17) is 10.8 Å². The Labute approximate surface area is 84.1 Å². The maximum Gasteiger partial charge on any atom is 0.338 e. The van der Waals surface area contributed by atoms with Crippen LogP contribution in [0.3, 0.4) is 0 Å². The number of amides is 1. The van der Waals surface area contributed by atoms with Gasteiger partial charge in [0.05, 0.1) is 6.54 Å². The van der Waals surface area contributed by atoms with E-state index in [1.807, 2.05) is 0 Å². The SMILES string of the molecule is NC1C(=O)N2CC(O)(C(=O)O)CS[C@H]12. The predicted molar refractivity (Wildman–Crippen MR) is 48.5 cm³/mol. The molecule has 2 aliphatic heterocycles. The van der Waals surface area contributed by atoms with Crippen molar-refractivity contribution in [3.8, 4) is 0 Å². The zero-order chi connectivity index (χ0) is 10.5. The number of aliphatic carboxylic acids is 1. The fourth-order valence-corrected chi connectivity index (χ4v) is 2.94. The molecule has 0 aromatic carbocycles. The van der Waals surface area contributed by atoms with Gasteiger partial charge in [-0.15, -0.1) is 11.8 Å². The van der Waals surface area contributed by atoms with Gasteiger partial charge in [0.1, 0.15) is 11.4 Å². The van der Waals surface area contributed by atoms with Crippen molar-refractivity contribution in [1.29, 1.82) is 0 Å². The molecule has 0 spiro atoms. The van der Waals surface area contributed by atoms with E-state index in [9.17, 15) is 14.7 Å². The first-order chi connectivity index (χ1) is 6.46. The van der Waals surface area contributed by atoms with E-state index < -0.39 is 17.6 Å². The lowest BCUT2D eigenvalue weighted by molar-refractivity contribution is -0.165. The van der Waals surface area contributed by atoms with Gasteiger partial charge in [0, 0.05) is 5.75 Å². The van der Waals surface area contributed by atoms with Gasteiger partial charge >= 0.3 is 5.97 Å². The summed E-state index contributed by atoms with van der Waals surface area (Å²) in [4.78, 5) is 23.2. The van der Waals surface area contributed by atoms with E-state index in [1.165, 1.54) is 16.7 Å². The normalized spacial score (nSPS) is 41.6. The number of aliphatic hydroxyl groups is 1. The predicted octanol–water partition coefficient (Wildman–Crippen LogP) is -1.96. The molecule has 0 radical (unpaired) electrons. The smallest absolute Gasteiger partial charge is 0.338 e. The molecule has 3 atom stereocenters. The molecule has 4 N–H and O–H groups in total. The monoisotopic (exact) mass is 218 g/mol. The first-order valence-electron chi connectivity index (χ1n) is 4.09. The summed E-state index contributed by atoms with van der Waals surface area (Å²) < 4.78 is 0. The third-order valence-corrected chi connectivity index (χ3v) is 4.04. The average Bonchev–Trinajstić information content (AvgIpc) is 2.16. The van der Waals surface area contributed by atoms with Crippen LogP contribution in [0, 0.1) is 0 Å². The van der Waals surface area contributed by atoms with E-state index in [2.05, 4.69) is 0 Å². The molecule has 2 fully saturated rings. The van der Waals surface area contributed by atoms with Crippen molar-refractivity contribution in [1.82, 2.24) is 4.90 Å². The van der Waals surface area contributed by atoms with Gasteiger partial charge in [-0.2, -0.15) is 0 Å². The Morgan fingerprint density at radius 1 is 1.71 bits per heavy atom. The highest BCUT2D eigenvalue weighted by Crippen LogP contribution is 2.37. The van der Waals surface area contributed by atoms with Crippen molar-refractivity contribution in [2.24, 2.45) is 5.73 Å². The quantitative estimate of drug-likeness (QED) is 0.442. The summed E-state index contributed by atoms with van der Waals surface area (Å²) in [7, 11) is 0. The Hall–Kier alpha value is -0.790. The van der Waals surface area contributed by atoms with Crippen molar-refractivity contribution >= 4 is 23.6 Å². The maximum atomic E-state index is 11.2. The van der Waals surface area contributed by atoms with Crippen LogP contribution in [-0.2, 0) is 9.59 Å². The van der Waals surface area contributed by atoms with Gasteiger partial charge in [-0.1, -0.05) is 0 Å². The summed E-state index contributed by atoms with van der Waals surface area (Å²) in [5.74, 6) is -1.51. The molecule has 6 nitrogen and oxygen atoms in total. The number of carbonyl (C=O) groups excluding carboxylic acids is 1.